The van der Waals surface area contributed by atoms with E-state index in [2.05, 4.69) is 5.02 Å². The van der Waals surface area contributed by atoms with E-state index in [1.807, 2.05) is 30.3 Å². The monoisotopic (exact) mass is 295 g/mol. The van der Waals surface area contributed by atoms with E-state index in [1.165, 1.54) is 11.8 Å². The van der Waals surface area contributed by atoms with Crippen molar-refractivity contribution in [3.63, 3.8) is 0 Å². The van der Waals surface area contributed by atoms with Gasteiger partial charge in [0.15, 0.2) is 5.25 Å². The summed E-state index contributed by atoms with van der Waals surface area (Å²) in [5, 5.41) is 20.9. The highest BCUT2D eigenvalue weighted by atomic mass is 32.2. The number of carboxylic acid groups (broad SMARTS) is 1. The zero-order valence-corrected chi connectivity index (χ0v) is 11.6. The van der Waals surface area contributed by atoms with Crippen molar-refractivity contribution in [3.05, 3.63) is 40.8 Å². The van der Waals surface area contributed by atoms with Gasteiger partial charge in [-0.1, -0.05) is 30.3 Å². The minimum Gasteiger partial charge on any atom is -0.480 e. The summed E-state index contributed by atoms with van der Waals surface area (Å²) in [6.45, 7) is 0. The molecule has 0 aromatic heterocycles. The van der Waals surface area contributed by atoms with E-state index in [1.54, 1.807) is 5.40 Å². The van der Waals surface area contributed by atoms with Crippen molar-refractivity contribution >= 4 is 46.7 Å². The van der Waals surface area contributed by atoms with Gasteiger partial charge >= 0.3 is 5.97 Å². The van der Waals surface area contributed by atoms with Gasteiger partial charge in [-0.25, -0.2) is 0 Å². The fraction of sp³-hybridized carbons (Fsp3) is 0.167. The van der Waals surface area contributed by atoms with Gasteiger partial charge in [-0.3, -0.25) is 4.79 Å². The number of thiocarbonyl (C=S) groups is 1. The lowest BCUT2D eigenvalue weighted by Gasteiger charge is -2.09. The first-order valence-corrected chi connectivity index (χ1v) is 7.15. The van der Waals surface area contributed by atoms with Crippen LogP contribution < -0.4 is 0 Å². The van der Waals surface area contributed by atoms with Gasteiger partial charge in [0.1, 0.15) is 5.40 Å². The third kappa shape index (κ3) is 4.55. The summed E-state index contributed by atoms with van der Waals surface area (Å²) in [6.07, 6.45) is 0. The van der Waals surface area contributed by atoms with Gasteiger partial charge in [0.2, 0.25) is 0 Å². The Morgan fingerprint density at radius 3 is 2.61 bits per heavy atom. The summed E-state index contributed by atoms with van der Waals surface area (Å²) >= 11 is 6.68. The smallest absolute Gasteiger partial charge is 0.323 e. The number of carboxylic acids is 1. The molecule has 0 aliphatic heterocycles. The van der Waals surface area contributed by atoms with Crippen LogP contribution in [0, 0.1) is 10.7 Å². The number of nitriles is 1. The number of carbonyl (C=O) groups is 1. The number of aliphatic carboxylic acids is 1. The molecule has 0 fully saturated rings. The van der Waals surface area contributed by atoms with Crippen molar-refractivity contribution in [3.8, 4) is 5.40 Å². The van der Waals surface area contributed by atoms with Crippen LogP contribution in [0.5, 0.6) is 0 Å². The molecule has 3 nitrogen and oxygen atoms in total. The van der Waals surface area contributed by atoms with E-state index in [4.69, 9.17) is 22.6 Å². The number of benzene rings is 1. The molecular weight excluding hydrogens is 286 g/mol. The molecule has 0 saturated carbocycles. The van der Waals surface area contributed by atoms with Crippen LogP contribution >= 0.6 is 35.7 Å². The van der Waals surface area contributed by atoms with Gasteiger partial charge in [-0.2, -0.15) is 5.26 Å². The van der Waals surface area contributed by atoms with Crippen molar-refractivity contribution in [1.82, 2.24) is 0 Å². The number of thiocyanates is 1. The highest BCUT2D eigenvalue weighted by Crippen LogP contribution is 2.29. The van der Waals surface area contributed by atoms with Crippen molar-refractivity contribution < 1.29 is 9.90 Å². The highest BCUT2D eigenvalue weighted by Gasteiger charge is 2.24. The summed E-state index contributed by atoms with van der Waals surface area (Å²) in [4.78, 5) is 11.4. The summed E-state index contributed by atoms with van der Waals surface area (Å²) in [5.41, 5.74) is 1.07. The van der Waals surface area contributed by atoms with E-state index in [-0.39, 0.29) is 0 Å². The topological polar surface area (TPSA) is 61.1 Å². The van der Waals surface area contributed by atoms with Crippen molar-refractivity contribution in [2.75, 3.05) is 0 Å². The molecule has 1 atom stereocenters. The van der Waals surface area contributed by atoms with Crippen molar-refractivity contribution in [2.45, 2.75) is 11.0 Å². The predicted molar refractivity (Wildman–Crippen MR) is 78.5 cm³/mol. The Labute approximate surface area is 119 Å². The number of thioether (sulfide) groups is 2. The molecule has 0 amide bonds. The number of nitrogens with zero attached hydrogens (tertiary/aromatic N) is 1. The Morgan fingerprint density at radius 1 is 1.44 bits per heavy atom. The predicted octanol–water partition coefficient (Wildman–Crippen LogP) is 3.07. The molecule has 0 radical (unpaired) electrons. The average molecular weight is 295 g/mol. The third-order valence-corrected chi connectivity index (χ3v) is 4.37. The van der Waals surface area contributed by atoms with Crippen molar-refractivity contribution in [1.29, 1.82) is 5.26 Å². The first kappa shape index (κ1) is 14.8. The maximum atomic E-state index is 11.0. The highest BCUT2D eigenvalue weighted by molar-refractivity contribution is 8.08. The minimum absolute atomic E-state index is 0.396. The molecule has 1 aromatic carbocycles. The van der Waals surface area contributed by atoms with Gasteiger partial charge < -0.3 is 5.11 Å². The number of hydrogen-bond donors (Lipinski definition) is 1. The van der Waals surface area contributed by atoms with Crippen LogP contribution in [0.4, 0.5) is 0 Å². The Hall–Kier alpha value is -1.25. The molecule has 92 valence electrons. The average Bonchev–Trinajstić information content (AvgIpc) is 2.39. The number of hydrogen-bond acceptors (Lipinski definition) is 5. The maximum Gasteiger partial charge on any atom is 0.323 e. The normalized spacial score (nSPS) is 11.1. The third-order valence-electron chi connectivity index (χ3n) is 1.97. The van der Waals surface area contributed by atoms with Crippen LogP contribution in [0.15, 0.2) is 35.2 Å². The zero-order chi connectivity index (χ0) is 13.4. The molecule has 0 aliphatic rings. The van der Waals surface area contributed by atoms with Gasteiger partial charge in [0.05, 0.1) is 4.91 Å². The van der Waals surface area contributed by atoms with Gasteiger partial charge in [0, 0.05) is 5.75 Å². The summed E-state index contributed by atoms with van der Waals surface area (Å²) < 4.78 is 0. The summed E-state index contributed by atoms with van der Waals surface area (Å²) in [5.74, 6) is -0.468. The largest absolute Gasteiger partial charge is 0.480 e. The van der Waals surface area contributed by atoms with Crippen LogP contribution in [0.3, 0.4) is 0 Å². The SMILES string of the molecule is N#CSC(C(=O)O)C(=C=S)SCc1ccccc1. The molecule has 6 heteroatoms. The van der Waals surface area contributed by atoms with Gasteiger partial charge in [-0.05, 0) is 34.6 Å². The lowest BCUT2D eigenvalue weighted by molar-refractivity contribution is -0.135. The molecule has 1 unspecified atom stereocenters. The van der Waals surface area contributed by atoms with E-state index in [9.17, 15) is 4.79 Å². The second kappa shape index (κ2) is 7.96. The van der Waals surface area contributed by atoms with Crippen LogP contribution in [-0.2, 0) is 10.5 Å². The lowest BCUT2D eigenvalue weighted by atomic mass is 10.2. The van der Waals surface area contributed by atoms with E-state index in [0.29, 0.717) is 22.4 Å². The van der Waals surface area contributed by atoms with Crippen LogP contribution in [-0.4, -0.2) is 21.3 Å². The fourth-order valence-electron chi connectivity index (χ4n) is 1.16. The van der Waals surface area contributed by atoms with E-state index in [0.717, 1.165) is 5.56 Å². The Morgan fingerprint density at radius 2 is 2.11 bits per heavy atom. The van der Waals surface area contributed by atoms with Crippen LogP contribution in [0.2, 0.25) is 0 Å². The quantitative estimate of drug-likeness (QED) is 0.643. The Bertz CT molecular complexity index is 504. The molecule has 0 spiro atoms. The molecule has 0 bridgehead atoms. The first-order chi connectivity index (χ1) is 8.69. The standard InChI is InChI=1S/C12H9NO2S3/c13-8-18-11(12(14)15)10(6-16)17-7-9-4-2-1-3-5-9/h1-5,11H,7H2,(H,14,15). The zero-order valence-electron chi connectivity index (χ0n) is 9.20. The van der Waals surface area contributed by atoms with Gasteiger partial charge in [0.25, 0.3) is 0 Å². The van der Waals surface area contributed by atoms with Gasteiger partial charge in [-0.15, -0.1) is 11.8 Å². The fourth-order valence-corrected chi connectivity index (χ4v) is 3.08. The minimum atomic E-state index is -1.07. The van der Waals surface area contributed by atoms with E-state index < -0.39 is 11.2 Å². The summed E-state index contributed by atoms with van der Waals surface area (Å²) in [6, 6.07) is 9.63. The van der Waals surface area contributed by atoms with Crippen molar-refractivity contribution in [2.24, 2.45) is 0 Å². The van der Waals surface area contributed by atoms with Crippen LogP contribution in [0.1, 0.15) is 5.56 Å². The number of rotatable bonds is 6. The molecular formula is C12H9NO2S3. The molecule has 1 aromatic rings. The Kier molecular flexibility index (Phi) is 6.55. The molecule has 0 heterocycles. The second-order valence-corrected chi connectivity index (χ2v) is 5.28. The Balaban J connectivity index is 2.71. The van der Waals surface area contributed by atoms with E-state index >= 15 is 0 Å². The summed E-state index contributed by atoms with van der Waals surface area (Å²) in [7, 11) is 0. The van der Waals surface area contributed by atoms with Crippen LogP contribution in [0.25, 0.3) is 0 Å². The molecule has 1 N–H and O–H groups in total. The molecule has 1 rings (SSSR count). The molecule has 0 aliphatic carbocycles. The molecule has 0 saturated heterocycles. The lowest BCUT2D eigenvalue weighted by Crippen LogP contribution is -2.17. The second-order valence-electron chi connectivity index (χ2n) is 3.17. The molecule has 18 heavy (non-hydrogen) atoms. The maximum absolute atomic E-state index is 11.0. The first-order valence-electron chi connectivity index (χ1n) is 4.88.